The molecule has 12 aromatic rings. The van der Waals surface area contributed by atoms with Gasteiger partial charge in [0.15, 0.2) is 0 Å². The minimum Gasteiger partial charge on any atom is -0.392 e. The molecule has 0 aliphatic rings. The lowest BCUT2D eigenvalue weighted by atomic mass is 9.90. The van der Waals surface area contributed by atoms with Crippen molar-refractivity contribution in [1.82, 2.24) is 0 Å². The Hall–Kier alpha value is -5.60. The molecule has 6 aromatic heterocycles. The van der Waals surface area contributed by atoms with Gasteiger partial charge >= 0.3 is 0 Å². The van der Waals surface area contributed by atoms with Gasteiger partial charge in [-0.1, -0.05) is 133 Å². The number of hydrogen-bond donors (Lipinski definition) is 4. The van der Waals surface area contributed by atoms with E-state index < -0.39 is 0 Å². The molecule has 0 amide bonds. The molecule has 10 heteroatoms. The molecule has 322 valence electrons. The Morgan fingerprint density at radius 2 is 0.515 bits per heavy atom. The van der Waals surface area contributed by atoms with Crippen LogP contribution in [0.3, 0.4) is 0 Å². The quantitative estimate of drug-likeness (QED) is 0.104. The maximum absolute atomic E-state index is 9.78. The van der Waals surface area contributed by atoms with Crippen molar-refractivity contribution in [1.29, 1.82) is 0 Å². The van der Waals surface area contributed by atoms with Gasteiger partial charge in [-0.2, -0.15) is 0 Å². The van der Waals surface area contributed by atoms with Crippen molar-refractivity contribution >= 4 is 106 Å². The van der Waals surface area contributed by atoms with Gasteiger partial charge in [0.25, 0.3) is 0 Å². The summed E-state index contributed by atoms with van der Waals surface area (Å²) in [6, 6.07) is 55.4. The van der Waals surface area contributed by atoms with Crippen LogP contribution >= 0.6 is 68.0 Å². The number of hydrogen-bond acceptors (Lipinski definition) is 10. The standard InChI is InChI=1S/C56H38O4S6/c57-27-31-7-15-35(16-8-31)39-3-1-4-40(36-17-9-32(28-58)10-18-36)51(39)45-25-49-55(65-45)53-47(61-49)23-43(63-53)44-24-48-54(64-44)56-50(62-48)26-46(66-56)52-41(37-19-11-33(29-59)12-20-37)5-2-6-42(52)38-21-13-34(30-60)14-22-38/h1-26,57-60H,27-30H2. The summed E-state index contributed by atoms with van der Waals surface area (Å²) in [6.07, 6.45) is 0. The summed E-state index contributed by atoms with van der Waals surface area (Å²) in [4.78, 5) is 5.03. The fraction of sp³-hybridized carbons (Fsp3) is 0.0714. The average molecular weight is 967 g/mol. The van der Waals surface area contributed by atoms with Gasteiger partial charge in [0.1, 0.15) is 0 Å². The van der Waals surface area contributed by atoms with Crippen LogP contribution in [0, 0.1) is 0 Å². The van der Waals surface area contributed by atoms with Crippen LogP contribution in [0.25, 0.3) is 113 Å². The van der Waals surface area contributed by atoms with Gasteiger partial charge in [0, 0.05) is 49.4 Å². The van der Waals surface area contributed by atoms with Gasteiger partial charge in [0.2, 0.25) is 0 Å². The van der Waals surface area contributed by atoms with Crippen LogP contribution in [-0.2, 0) is 26.4 Å². The van der Waals surface area contributed by atoms with E-state index in [9.17, 15) is 20.4 Å². The third-order valence-corrected chi connectivity index (χ3v) is 20.1. The molecule has 6 heterocycles. The van der Waals surface area contributed by atoms with Crippen LogP contribution in [-0.4, -0.2) is 20.4 Å². The lowest BCUT2D eigenvalue weighted by molar-refractivity contribution is 0.281. The minimum absolute atomic E-state index is 0.0100. The second kappa shape index (κ2) is 17.2. The first kappa shape index (κ1) is 41.8. The van der Waals surface area contributed by atoms with E-state index in [1.807, 2.05) is 117 Å². The van der Waals surface area contributed by atoms with Crippen molar-refractivity contribution in [2.45, 2.75) is 26.4 Å². The Balaban J connectivity index is 0.936. The van der Waals surface area contributed by atoms with E-state index in [1.54, 1.807) is 0 Å². The average Bonchev–Trinajstić information content (AvgIpc) is 4.24. The summed E-state index contributed by atoms with van der Waals surface area (Å²) >= 11 is 11.3. The predicted molar refractivity (Wildman–Crippen MR) is 285 cm³/mol. The van der Waals surface area contributed by atoms with E-state index >= 15 is 0 Å². The molecule has 0 unspecified atom stereocenters. The second-order valence-corrected chi connectivity index (χ2v) is 22.7. The molecule has 0 aliphatic carbocycles. The lowest BCUT2D eigenvalue weighted by Crippen LogP contribution is -1.90. The topological polar surface area (TPSA) is 80.9 Å². The number of benzene rings is 6. The molecular weight excluding hydrogens is 929 g/mol. The molecule has 0 bridgehead atoms. The Labute approximate surface area is 404 Å². The summed E-state index contributed by atoms with van der Waals surface area (Å²) in [7, 11) is 0. The van der Waals surface area contributed by atoms with E-state index in [0.717, 1.165) is 66.8 Å². The van der Waals surface area contributed by atoms with Crippen LogP contribution in [0.1, 0.15) is 22.3 Å². The fourth-order valence-electron chi connectivity index (χ4n) is 8.92. The Morgan fingerprint density at radius 3 is 0.773 bits per heavy atom. The highest BCUT2D eigenvalue weighted by molar-refractivity contribution is 7.42. The lowest BCUT2D eigenvalue weighted by Gasteiger charge is -2.15. The van der Waals surface area contributed by atoms with Gasteiger partial charge in [0.05, 0.1) is 45.2 Å². The highest BCUT2D eigenvalue weighted by Gasteiger charge is 2.23. The molecule has 66 heavy (non-hydrogen) atoms. The number of rotatable bonds is 11. The largest absolute Gasteiger partial charge is 0.392 e. The van der Waals surface area contributed by atoms with Crippen LogP contribution < -0.4 is 0 Å². The number of aliphatic hydroxyl groups excluding tert-OH is 4. The monoisotopic (exact) mass is 966 g/mol. The minimum atomic E-state index is 0.0100. The van der Waals surface area contributed by atoms with E-state index in [0.29, 0.717) is 0 Å². The van der Waals surface area contributed by atoms with Gasteiger partial charge in [-0.25, -0.2) is 0 Å². The molecular formula is C56H38O4S6. The summed E-state index contributed by atoms with van der Waals surface area (Å²) in [6.45, 7) is 0.0401. The molecule has 0 fully saturated rings. The summed E-state index contributed by atoms with van der Waals surface area (Å²) < 4.78 is 10.5. The molecule has 4 N–H and O–H groups in total. The first-order valence-corrected chi connectivity index (χ1v) is 26.4. The normalized spacial score (nSPS) is 11.9. The van der Waals surface area contributed by atoms with Crippen molar-refractivity contribution in [3.63, 3.8) is 0 Å². The molecule has 0 saturated heterocycles. The molecule has 6 aromatic carbocycles. The van der Waals surface area contributed by atoms with Crippen molar-refractivity contribution in [3.8, 4) is 75.1 Å². The summed E-state index contributed by atoms with van der Waals surface area (Å²) in [5.41, 5.74) is 14.9. The first-order valence-electron chi connectivity index (χ1n) is 21.5. The van der Waals surface area contributed by atoms with Crippen LogP contribution in [0.15, 0.2) is 158 Å². The molecule has 0 saturated carbocycles. The van der Waals surface area contributed by atoms with Crippen molar-refractivity contribution in [3.05, 3.63) is 180 Å². The molecule has 0 radical (unpaired) electrons. The molecule has 4 nitrogen and oxygen atoms in total. The van der Waals surface area contributed by atoms with Gasteiger partial charge < -0.3 is 20.4 Å². The fourth-order valence-corrected chi connectivity index (χ4v) is 17.2. The summed E-state index contributed by atoms with van der Waals surface area (Å²) in [5.74, 6) is 0. The highest BCUT2D eigenvalue weighted by atomic mass is 32.1. The predicted octanol–water partition coefficient (Wildman–Crippen LogP) is 16.3. The van der Waals surface area contributed by atoms with Crippen LogP contribution in [0.5, 0.6) is 0 Å². The third-order valence-electron chi connectivity index (χ3n) is 12.3. The smallest absolute Gasteiger partial charge is 0.0681 e. The maximum Gasteiger partial charge on any atom is 0.0681 e. The molecule has 0 aliphatic heterocycles. The Bertz CT molecular complexity index is 3350. The number of fused-ring (bicyclic) bond motifs is 6. The zero-order valence-electron chi connectivity index (χ0n) is 35.1. The highest BCUT2D eigenvalue weighted by Crippen LogP contribution is 2.54. The second-order valence-electron chi connectivity index (χ2n) is 16.3. The Morgan fingerprint density at radius 1 is 0.273 bits per heavy atom. The molecule has 12 rings (SSSR count). The number of aliphatic hydroxyl groups is 4. The first-order chi connectivity index (χ1) is 32.5. The van der Waals surface area contributed by atoms with E-state index in [-0.39, 0.29) is 26.4 Å². The van der Waals surface area contributed by atoms with Gasteiger partial charge in [-0.05, 0) is 91.0 Å². The van der Waals surface area contributed by atoms with Crippen molar-refractivity contribution < 1.29 is 20.4 Å². The third kappa shape index (κ3) is 7.30. The van der Waals surface area contributed by atoms with E-state index in [2.05, 4.69) is 109 Å². The van der Waals surface area contributed by atoms with Crippen LogP contribution in [0.4, 0.5) is 0 Å². The summed E-state index contributed by atoms with van der Waals surface area (Å²) in [5, 5.41) is 39.1. The van der Waals surface area contributed by atoms with Crippen molar-refractivity contribution in [2.75, 3.05) is 0 Å². The van der Waals surface area contributed by atoms with Crippen molar-refractivity contribution in [2.24, 2.45) is 0 Å². The zero-order chi connectivity index (χ0) is 44.5. The van der Waals surface area contributed by atoms with Crippen LogP contribution in [0.2, 0.25) is 0 Å². The van der Waals surface area contributed by atoms with Gasteiger partial charge in [-0.15, -0.1) is 68.0 Å². The Kier molecular flexibility index (Phi) is 10.9. The maximum atomic E-state index is 9.78. The molecule has 0 atom stereocenters. The van der Waals surface area contributed by atoms with E-state index in [4.69, 9.17) is 0 Å². The SMILES string of the molecule is OCc1ccc(-c2cccc(-c3ccc(CO)cc3)c2-c2cc3sc4cc(-c5cc6sc7cc(-c8c(-c9ccc(CO)cc9)cccc8-c8ccc(CO)cc8)sc7c6s5)sc4c3s2)cc1. The van der Waals surface area contributed by atoms with E-state index in [1.165, 1.54) is 68.2 Å². The molecule has 0 spiro atoms. The van der Waals surface area contributed by atoms with Gasteiger partial charge in [-0.3, -0.25) is 0 Å². The zero-order valence-corrected chi connectivity index (χ0v) is 40.0. The number of thiophene rings is 6.